The lowest BCUT2D eigenvalue weighted by molar-refractivity contribution is -0.169. The Morgan fingerprint density at radius 2 is 1.65 bits per heavy atom. The van der Waals surface area contributed by atoms with Crippen molar-refractivity contribution < 1.29 is 29.3 Å². The molecule has 1 heterocycles. The third-order valence-electron chi connectivity index (χ3n) is 5.72. The van der Waals surface area contributed by atoms with Crippen molar-refractivity contribution in [3.8, 4) is 0 Å². The fourth-order valence-electron chi connectivity index (χ4n) is 4.11. The molecule has 7 atom stereocenters. The quantitative estimate of drug-likeness (QED) is 0.686. The van der Waals surface area contributed by atoms with E-state index in [0.717, 1.165) is 0 Å². The summed E-state index contributed by atoms with van der Waals surface area (Å²) in [6, 6.07) is 0. The number of ether oxygens (including phenoxy) is 2. The number of hydrogen-bond acceptors (Lipinski definition) is 6. The molecule has 1 aliphatic heterocycles. The third-order valence-corrected chi connectivity index (χ3v) is 5.72. The molecule has 6 nitrogen and oxygen atoms in total. The second-order valence-corrected chi connectivity index (χ2v) is 8.81. The first-order valence-corrected chi connectivity index (χ1v) is 9.49. The number of esters is 1. The van der Waals surface area contributed by atoms with Gasteiger partial charge in [-0.2, -0.15) is 0 Å². The van der Waals surface area contributed by atoms with Gasteiger partial charge in [0.05, 0.1) is 17.6 Å². The normalized spacial score (nSPS) is 44.3. The van der Waals surface area contributed by atoms with Crippen molar-refractivity contribution in [3.63, 3.8) is 0 Å². The zero-order valence-corrected chi connectivity index (χ0v) is 17.2. The molecule has 2 N–H and O–H groups in total. The van der Waals surface area contributed by atoms with Gasteiger partial charge in [0.1, 0.15) is 18.0 Å². The average Bonchev–Trinajstić information content (AvgIpc) is 2.56. The smallest absolute Gasteiger partial charge is 0.308 e. The second-order valence-electron chi connectivity index (χ2n) is 8.81. The number of aliphatic hydroxyl groups is 2. The first-order valence-electron chi connectivity index (χ1n) is 9.49. The summed E-state index contributed by atoms with van der Waals surface area (Å²) in [5, 5.41) is 21.0. The van der Waals surface area contributed by atoms with Crippen LogP contribution in [0.1, 0.15) is 60.8 Å². The fraction of sp³-hybridized carbons (Fsp3) is 0.900. The van der Waals surface area contributed by atoms with E-state index in [4.69, 9.17) is 9.47 Å². The van der Waals surface area contributed by atoms with Crippen molar-refractivity contribution in [2.45, 2.75) is 78.1 Å². The highest BCUT2D eigenvalue weighted by Crippen LogP contribution is 2.33. The lowest BCUT2D eigenvalue weighted by Gasteiger charge is -2.37. The highest BCUT2D eigenvalue weighted by molar-refractivity contribution is 5.83. The molecule has 0 aromatic carbocycles. The van der Waals surface area contributed by atoms with Crippen LogP contribution in [0.3, 0.4) is 0 Å². The van der Waals surface area contributed by atoms with E-state index in [2.05, 4.69) is 6.92 Å². The summed E-state index contributed by atoms with van der Waals surface area (Å²) in [5.74, 6) is -1.76. The molecule has 1 rings (SSSR count). The van der Waals surface area contributed by atoms with Crippen LogP contribution in [0.25, 0.3) is 0 Å². The molecule has 0 spiro atoms. The molecule has 0 bridgehead atoms. The van der Waals surface area contributed by atoms with Gasteiger partial charge in [0.25, 0.3) is 0 Å². The van der Waals surface area contributed by atoms with Gasteiger partial charge in [-0.15, -0.1) is 0 Å². The first-order chi connectivity index (χ1) is 11.8. The number of carbonyl (C=O) groups is 2. The molecule has 1 saturated heterocycles. The van der Waals surface area contributed by atoms with Crippen molar-refractivity contribution in [3.05, 3.63) is 0 Å². The molecule has 0 aliphatic carbocycles. The van der Waals surface area contributed by atoms with Gasteiger partial charge in [-0.05, 0) is 39.0 Å². The standard InChI is InChI=1S/C20H36O6/c1-12-8-13(2)18(23)26-11-20(6,24)17(22)15(4)16(21)14(3)10-19(5,9-12)25-7/h12-15,17,22,24H,8-11H2,1-7H3/t12?,13-,14+,15+,17-,19-,20?/m1/s1. The minimum Gasteiger partial charge on any atom is -0.462 e. The van der Waals surface area contributed by atoms with Crippen molar-refractivity contribution in [1.82, 2.24) is 0 Å². The molecule has 2 unspecified atom stereocenters. The summed E-state index contributed by atoms with van der Waals surface area (Å²) in [5.41, 5.74) is -2.19. The molecule has 1 fully saturated rings. The van der Waals surface area contributed by atoms with E-state index in [0.29, 0.717) is 19.3 Å². The Morgan fingerprint density at radius 1 is 1.08 bits per heavy atom. The molecule has 0 aromatic rings. The van der Waals surface area contributed by atoms with E-state index in [1.807, 2.05) is 13.8 Å². The van der Waals surface area contributed by atoms with Crippen LogP contribution >= 0.6 is 0 Å². The maximum absolute atomic E-state index is 12.8. The van der Waals surface area contributed by atoms with Gasteiger partial charge in [0, 0.05) is 18.9 Å². The number of aliphatic hydroxyl groups excluding tert-OH is 1. The second kappa shape index (κ2) is 8.81. The van der Waals surface area contributed by atoms with Gasteiger partial charge in [0.15, 0.2) is 0 Å². The number of ketones is 1. The number of cyclic esters (lactones) is 1. The zero-order valence-electron chi connectivity index (χ0n) is 17.2. The van der Waals surface area contributed by atoms with Crippen LogP contribution in [0, 0.1) is 23.7 Å². The predicted octanol–water partition coefficient (Wildman–Crippen LogP) is 2.34. The maximum Gasteiger partial charge on any atom is 0.308 e. The largest absolute Gasteiger partial charge is 0.462 e. The van der Waals surface area contributed by atoms with Gasteiger partial charge >= 0.3 is 5.97 Å². The maximum atomic E-state index is 12.8. The van der Waals surface area contributed by atoms with Crippen LogP contribution in [0.2, 0.25) is 0 Å². The summed E-state index contributed by atoms with van der Waals surface area (Å²) >= 11 is 0. The lowest BCUT2D eigenvalue weighted by Crippen LogP contribution is -2.50. The molecular formula is C20H36O6. The van der Waals surface area contributed by atoms with Crippen LogP contribution in [0.5, 0.6) is 0 Å². The molecule has 0 saturated carbocycles. The van der Waals surface area contributed by atoms with Crippen LogP contribution < -0.4 is 0 Å². The Kier molecular flexibility index (Phi) is 7.81. The number of hydrogen-bond donors (Lipinski definition) is 2. The van der Waals surface area contributed by atoms with Crippen molar-refractivity contribution in [2.75, 3.05) is 13.7 Å². The van der Waals surface area contributed by atoms with Crippen molar-refractivity contribution in [2.24, 2.45) is 23.7 Å². The lowest BCUT2D eigenvalue weighted by atomic mass is 9.77. The number of carbonyl (C=O) groups excluding carboxylic acids is 2. The highest BCUT2D eigenvalue weighted by Gasteiger charge is 2.42. The third kappa shape index (κ3) is 5.76. The van der Waals surface area contributed by atoms with Gasteiger partial charge in [-0.3, -0.25) is 9.59 Å². The van der Waals surface area contributed by atoms with Crippen LogP contribution in [0.4, 0.5) is 0 Å². The fourth-order valence-corrected chi connectivity index (χ4v) is 4.11. The average molecular weight is 373 g/mol. The number of Topliss-reactive ketones (excluding diaryl/α,β-unsaturated/α-hetero) is 1. The molecule has 26 heavy (non-hydrogen) atoms. The molecule has 0 aromatic heterocycles. The zero-order chi connectivity index (χ0) is 20.3. The molecule has 1 aliphatic rings. The van der Waals surface area contributed by atoms with Gasteiger partial charge < -0.3 is 19.7 Å². The van der Waals surface area contributed by atoms with Crippen LogP contribution in [0.15, 0.2) is 0 Å². The Hall–Kier alpha value is -0.980. The predicted molar refractivity (Wildman–Crippen MR) is 98.5 cm³/mol. The molecule has 152 valence electrons. The van der Waals surface area contributed by atoms with E-state index in [1.165, 1.54) is 6.92 Å². The van der Waals surface area contributed by atoms with E-state index in [-0.39, 0.29) is 30.1 Å². The minimum atomic E-state index is -1.69. The number of methoxy groups -OCH3 is 1. The minimum absolute atomic E-state index is 0.134. The molecular weight excluding hydrogens is 336 g/mol. The highest BCUT2D eigenvalue weighted by atomic mass is 16.5. The van der Waals surface area contributed by atoms with Crippen LogP contribution in [-0.4, -0.2) is 53.0 Å². The molecule has 6 heteroatoms. The molecule has 0 radical (unpaired) electrons. The van der Waals surface area contributed by atoms with Gasteiger partial charge in [-0.1, -0.05) is 27.7 Å². The van der Waals surface area contributed by atoms with Gasteiger partial charge in [-0.25, -0.2) is 0 Å². The van der Waals surface area contributed by atoms with Crippen LogP contribution in [-0.2, 0) is 19.1 Å². The monoisotopic (exact) mass is 372 g/mol. The Balaban J connectivity index is 3.15. The van der Waals surface area contributed by atoms with Gasteiger partial charge in [0.2, 0.25) is 0 Å². The summed E-state index contributed by atoms with van der Waals surface area (Å²) in [6.45, 7) is 10.3. The van der Waals surface area contributed by atoms with E-state index in [9.17, 15) is 19.8 Å². The first kappa shape index (κ1) is 23.1. The summed E-state index contributed by atoms with van der Waals surface area (Å²) in [7, 11) is 1.63. The molecule has 0 amide bonds. The van der Waals surface area contributed by atoms with Crippen molar-refractivity contribution >= 4 is 11.8 Å². The summed E-state index contributed by atoms with van der Waals surface area (Å²) < 4.78 is 10.9. The SMILES string of the molecule is CO[C@]1(C)CC(C)C[C@@H](C)C(=O)OCC(C)(O)[C@H](O)[C@@H](C)C(=O)[C@@H](C)C1. The van der Waals surface area contributed by atoms with E-state index in [1.54, 1.807) is 21.0 Å². The Bertz CT molecular complexity index is 503. The number of rotatable bonds is 1. The van der Waals surface area contributed by atoms with E-state index < -0.39 is 29.2 Å². The topological polar surface area (TPSA) is 93.1 Å². The summed E-state index contributed by atoms with van der Waals surface area (Å²) in [4.78, 5) is 25.0. The Labute approximate surface area is 157 Å². The summed E-state index contributed by atoms with van der Waals surface area (Å²) in [6.07, 6.45) is 0.537. The van der Waals surface area contributed by atoms with Crippen molar-refractivity contribution in [1.29, 1.82) is 0 Å². The van der Waals surface area contributed by atoms with E-state index >= 15 is 0 Å². The Morgan fingerprint density at radius 3 is 2.19 bits per heavy atom.